The molecule has 2 nitrogen and oxygen atoms in total. The summed E-state index contributed by atoms with van der Waals surface area (Å²) in [4.78, 5) is 4.52. The average molecular weight is 238 g/mol. The molecule has 0 atom stereocenters. The maximum absolute atomic E-state index is 6.12. The van der Waals surface area contributed by atoms with E-state index >= 15 is 0 Å². The topological polar surface area (TPSA) is 38.9 Å². The summed E-state index contributed by atoms with van der Waals surface area (Å²) in [5, 5.41) is 0. The number of hydrogen-bond acceptors (Lipinski definition) is 2. The van der Waals surface area contributed by atoms with Gasteiger partial charge in [-0.1, -0.05) is 30.7 Å². The van der Waals surface area contributed by atoms with Gasteiger partial charge in [0, 0.05) is 11.8 Å². The molecular formula is C16H18N2. The molecule has 1 fully saturated rings. The average Bonchev–Trinajstić information content (AvgIpc) is 2.28. The third-order valence-corrected chi connectivity index (χ3v) is 3.81. The van der Waals surface area contributed by atoms with Crippen molar-refractivity contribution in [3.8, 4) is 11.3 Å². The van der Waals surface area contributed by atoms with E-state index in [4.69, 9.17) is 5.73 Å². The van der Waals surface area contributed by atoms with Crippen LogP contribution in [0.3, 0.4) is 0 Å². The highest BCUT2D eigenvalue weighted by Gasteiger charge is 2.23. The molecule has 0 aliphatic heterocycles. The molecule has 1 aliphatic carbocycles. The lowest BCUT2D eigenvalue weighted by molar-refractivity contribution is 0.420. The lowest BCUT2D eigenvalue weighted by Gasteiger charge is -2.28. The summed E-state index contributed by atoms with van der Waals surface area (Å²) in [6.07, 6.45) is 5.82. The number of nitrogen functional groups attached to an aromatic ring is 1. The van der Waals surface area contributed by atoms with E-state index in [0.717, 1.165) is 16.9 Å². The van der Waals surface area contributed by atoms with Gasteiger partial charge in [0.15, 0.2) is 0 Å². The second kappa shape index (κ2) is 4.45. The molecule has 2 aromatic rings. The first kappa shape index (κ1) is 11.3. The molecule has 1 aromatic carbocycles. The molecule has 3 rings (SSSR count). The highest BCUT2D eigenvalue weighted by molar-refractivity contribution is 5.75. The van der Waals surface area contributed by atoms with Crippen molar-refractivity contribution < 1.29 is 0 Å². The second-order valence-corrected chi connectivity index (χ2v) is 5.17. The minimum atomic E-state index is 0.698. The lowest BCUT2D eigenvalue weighted by atomic mass is 9.77. The Labute approximate surface area is 108 Å². The maximum atomic E-state index is 6.12. The molecule has 2 heteroatoms. The fourth-order valence-corrected chi connectivity index (χ4v) is 2.60. The molecule has 1 aliphatic rings. The molecule has 18 heavy (non-hydrogen) atoms. The Morgan fingerprint density at radius 2 is 2.00 bits per heavy atom. The van der Waals surface area contributed by atoms with Gasteiger partial charge in [-0.25, -0.2) is 0 Å². The molecule has 0 bridgehead atoms. The van der Waals surface area contributed by atoms with Gasteiger partial charge in [-0.2, -0.15) is 0 Å². The van der Waals surface area contributed by atoms with Gasteiger partial charge in [0.25, 0.3) is 0 Å². The number of nitrogens with two attached hydrogens (primary N) is 1. The largest absolute Gasteiger partial charge is 0.397 e. The van der Waals surface area contributed by atoms with Crippen molar-refractivity contribution in [2.24, 2.45) is 0 Å². The van der Waals surface area contributed by atoms with E-state index in [-0.39, 0.29) is 0 Å². The number of nitrogens with zero attached hydrogens (tertiary/aromatic N) is 1. The maximum Gasteiger partial charge on any atom is 0.0934 e. The zero-order chi connectivity index (χ0) is 12.5. The van der Waals surface area contributed by atoms with E-state index in [2.05, 4.69) is 29.2 Å². The van der Waals surface area contributed by atoms with Gasteiger partial charge in [0.1, 0.15) is 0 Å². The second-order valence-electron chi connectivity index (χ2n) is 5.17. The summed E-state index contributed by atoms with van der Waals surface area (Å²) >= 11 is 0. The smallest absolute Gasteiger partial charge is 0.0934 e. The zero-order valence-corrected chi connectivity index (χ0v) is 10.7. The monoisotopic (exact) mass is 238 g/mol. The first-order valence-electron chi connectivity index (χ1n) is 6.57. The van der Waals surface area contributed by atoms with Crippen molar-refractivity contribution in [3.63, 3.8) is 0 Å². The van der Waals surface area contributed by atoms with Gasteiger partial charge in [-0.15, -0.1) is 0 Å². The molecular weight excluding hydrogens is 220 g/mol. The summed E-state index contributed by atoms with van der Waals surface area (Å²) in [5.41, 5.74) is 11.6. The molecule has 0 unspecified atom stereocenters. The van der Waals surface area contributed by atoms with Crippen LogP contribution in [0.4, 0.5) is 5.69 Å². The van der Waals surface area contributed by atoms with Crippen LogP contribution in [-0.4, -0.2) is 4.98 Å². The summed E-state index contributed by atoms with van der Waals surface area (Å²) in [7, 11) is 0. The van der Waals surface area contributed by atoms with E-state index < -0.39 is 0 Å². The van der Waals surface area contributed by atoms with Gasteiger partial charge in [-0.3, -0.25) is 4.98 Å². The van der Waals surface area contributed by atoms with Crippen LogP contribution >= 0.6 is 0 Å². The predicted molar refractivity (Wildman–Crippen MR) is 75.4 cm³/mol. The van der Waals surface area contributed by atoms with Gasteiger partial charge < -0.3 is 5.73 Å². The van der Waals surface area contributed by atoms with Crippen molar-refractivity contribution in [3.05, 3.63) is 47.7 Å². The van der Waals surface area contributed by atoms with Gasteiger partial charge in [0.05, 0.1) is 11.4 Å². The van der Waals surface area contributed by atoms with E-state index in [0.29, 0.717) is 5.92 Å². The lowest BCUT2D eigenvalue weighted by Crippen LogP contribution is -2.10. The quantitative estimate of drug-likeness (QED) is 0.861. The molecule has 0 saturated heterocycles. The first-order valence-corrected chi connectivity index (χ1v) is 6.57. The Kier molecular flexibility index (Phi) is 2.78. The molecule has 1 saturated carbocycles. The summed E-state index contributed by atoms with van der Waals surface area (Å²) in [6, 6.07) is 10.5. The van der Waals surface area contributed by atoms with Crippen LogP contribution < -0.4 is 5.73 Å². The van der Waals surface area contributed by atoms with E-state index in [1.165, 1.54) is 30.4 Å². The van der Waals surface area contributed by atoms with Crippen molar-refractivity contribution in [2.45, 2.75) is 32.1 Å². The Morgan fingerprint density at radius 1 is 1.22 bits per heavy atom. The van der Waals surface area contributed by atoms with Gasteiger partial charge in [0.2, 0.25) is 0 Å². The zero-order valence-electron chi connectivity index (χ0n) is 10.7. The minimum Gasteiger partial charge on any atom is -0.397 e. The number of aryl methyl sites for hydroxylation is 1. The summed E-state index contributed by atoms with van der Waals surface area (Å²) < 4.78 is 0. The Hall–Kier alpha value is -1.83. The van der Waals surface area contributed by atoms with Crippen LogP contribution in [0.15, 0.2) is 36.5 Å². The molecule has 0 amide bonds. The normalized spacial score (nSPS) is 15.4. The number of rotatable bonds is 2. The Bertz CT molecular complexity index is 571. The number of benzene rings is 1. The van der Waals surface area contributed by atoms with Crippen LogP contribution in [0.2, 0.25) is 0 Å². The van der Waals surface area contributed by atoms with E-state index in [9.17, 15) is 0 Å². The fraction of sp³-hybridized carbons (Fsp3) is 0.312. The minimum absolute atomic E-state index is 0.698. The van der Waals surface area contributed by atoms with Crippen molar-refractivity contribution in [1.82, 2.24) is 4.98 Å². The number of hydrogen-bond donors (Lipinski definition) is 1. The number of aromatic nitrogens is 1. The van der Waals surface area contributed by atoms with Crippen LogP contribution in [0.1, 0.15) is 36.3 Å². The Balaban J connectivity index is 2.10. The number of pyridine rings is 1. The fourth-order valence-electron chi connectivity index (χ4n) is 2.60. The highest BCUT2D eigenvalue weighted by atomic mass is 14.7. The van der Waals surface area contributed by atoms with Crippen molar-refractivity contribution in [2.75, 3.05) is 5.73 Å². The predicted octanol–water partition coefficient (Wildman–Crippen LogP) is 3.91. The van der Waals surface area contributed by atoms with Crippen LogP contribution in [0.25, 0.3) is 11.3 Å². The Morgan fingerprint density at radius 3 is 2.67 bits per heavy atom. The van der Waals surface area contributed by atoms with Crippen LogP contribution in [0.5, 0.6) is 0 Å². The van der Waals surface area contributed by atoms with Crippen molar-refractivity contribution >= 4 is 5.69 Å². The summed E-state index contributed by atoms with van der Waals surface area (Å²) in [5.74, 6) is 0.698. The van der Waals surface area contributed by atoms with E-state index in [1.807, 2.05) is 19.2 Å². The van der Waals surface area contributed by atoms with E-state index in [1.54, 1.807) is 0 Å². The van der Waals surface area contributed by atoms with Gasteiger partial charge >= 0.3 is 0 Å². The molecule has 0 radical (unpaired) electrons. The number of anilines is 1. The first-order chi connectivity index (χ1) is 8.75. The molecule has 1 heterocycles. The molecule has 92 valence electrons. The van der Waals surface area contributed by atoms with Gasteiger partial charge in [-0.05, 0) is 42.9 Å². The third-order valence-electron chi connectivity index (χ3n) is 3.81. The molecule has 1 aromatic heterocycles. The van der Waals surface area contributed by atoms with Crippen LogP contribution in [0, 0.1) is 6.92 Å². The summed E-state index contributed by atoms with van der Waals surface area (Å²) in [6.45, 7) is 2.02. The molecule has 0 spiro atoms. The molecule has 2 N–H and O–H groups in total. The SMILES string of the molecule is Cc1cnc(-c2ccccc2C2CCC2)c(N)c1. The third kappa shape index (κ3) is 1.88. The standard InChI is InChI=1S/C16H18N2/c1-11-9-15(17)16(18-10-11)14-8-3-2-7-13(14)12-5-4-6-12/h2-3,7-10,12H,4-6,17H2,1H3. The van der Waals surface area contributed by atoms with Crippen molar-refractivity contribution in [1.29, 1.82) is 0 Å². The van der Waals surface area contributed by atoms with Crippen LogP contribution in [-0.2, 0) is 0 Å². The highest BCUT2D eigenvalue weighted by Crippen LogP contribution is 2.41.